The van der Waals surface area contributed by atoms with Crippen LogP contribution < -0.4 is 4.74 Å². The minimum atomic E-state index is -0.397. The molecule has 4 rings (SSSR count). The van der Waals surface area contributed by atoms with Crippen LogP contribution in [0.1, 0.15) is 36.8 Å². The monoisotopic (exact) mass is 382 g/mol. The van der Waals surface area contributed by atoms with Gasteiger partial charge in [0, 0.05) is 11.6 Å². The molecule has 1 amide bonds. The Hall–Kier alpha value is -2.89. The van der Waals surface area contributed by atoms with Crippen LogP contribution in [0.3, 0.4) is 0 Å². The lowest BCUT2D eigenvalue weighted by Gasteiger charge is -2.44. The Balaban J connectivity index is 1.54. The Bertz CT molecular complexity index is 885. The van der Waals surface area contributed by atoms with E-state index in [0.717, 1.165) is 36.6 Å². The summed E-state index contributed by atoms with van der Waals surface area (Å²) >= 11 is 0. The van der Waals surface area contributed by atoms with Gasteiger partial charge in [0.1, 0.15) is 12.4 Å². The highest BCUT2D eigenvalue weighted by atomic mass is 19.1. The second-order valence-electron chi connectivity index (χ2n) is 7.21. The lowest BCUT2D eigenvalue weighted by Crippen LogP contribution is -2.51. The molecule has 1 aromatic carbocycles. The maximum absolute atomic E-state index is 13.8. The quantitative estimate of drug-likeness (QED) is 0.777. The van der Waals surface area contributed by atoms with Crippen molar-refractivity contribution in [2.24, 2.45) is 0 Å². The number of nitrogens with zero attached hydrogens (tertiary/aromatic N) is 2. The molecule has 0 spiro atoms. The highest BCUT2D eigenvalue weighted by Gasteiger charge is 2.38. The van der Waals surface area contributed by atoms with Gasteiger partial charge in [-0.2, -0.15) is 0 Å². The van der Waals surface area contributed by atoms with Crippen molar-refractivity contribution < 1.29 is 18.7 Å². The van der Waals surface area contributed by atoms with Crippen LogP contribution in [-0.4, -0.2) is 35.2 Å². The van der Waals surface area contributed by atoms with E-state index in [9.17, 15) is 9.18 Å². The van der Waals surface area contributed by atoms with Crippen LogP contribution in [-0.2, 0) is 11.3 Å². The number of ether oxygens (including phenoxy) is 2. The summed E-state index contributed by atoms with van der Waals surface area (Å²) in [4.78, 5) is 18.7. The van der Waals surface area contributed by atoms with Gasteiger partial charge in [0.2, 0.25) is 5.88 Å². The number of methoxy groups -OCH3 is 1. The van der Waals surface area contributed by atoms with Crippen LogP contribution >= 0.6 is 0 Å². The summed E-state index contributed by atoms with van der Waals surface area (Å²) in [5.74, 6) is 0.0115. The van der Waals surface area contributed by atoms with Crippen molar-refractivity contribution in [1.29, 1.82) is 0 Å². The van der Waals surface area contributed by atoms with Crippen molar-refractivity contribution in [2.45, 2.75) is 44.4 Å². The highest BCUT2D eigenvalue weighted by Crippen LogP contribution is 2.39. The molecular formula is C22H23FN2O3. The lowest BCUT2D eigenvalue weighted by molar-refractivity contribution is 0.0510. The summed E-state index contributed by atoms with van der Waals surface area (Å²) in [5, 5.41) is 0. The average molecular weight is 382 g/mol. The number of hydrogen-bond acceptors (Lipinski definition) is 4. The third-order valence-electron chi connectivity index (χ3n) is 5.41. The van der Waals surface area contributed by atoms with E-state index < -0.39 is 5.82 Å². The molecule has 0 aliphatic carbocycles. The average Bonchev–Trinajstić information content (AvgIpc) is 2.71. The summed E-state index contributed by atoms with van der Waals surface area (Å²) in [6.45, 7) is 0.258. The van der Waals surface area contributed by atoms with Crippen LogP contribution in [0, 0.1) is 5.82 Å². The molecule has 5 nitrogen and oxygen atoms in total. The number of fused-ring (bicyclic) bond motifs is 2. The molecule has 2 bridgehead atoms. The number of benzene rings is 1. The van der Waals surface area contributed by atoms with Crippen LogP contribution in [0.25, 0.3) is 5.57 Å². The van der Waals surface area contributed by atoms with Crippen molar-refractivity contribution in [3.05, 3.63) is 65.6 Å². The number of amides is 1. The third kappa shape index (κ3) is 3.72. The summed E-state index contributed by atoms with van der Waals surface area (Å²) < 4.78 is 24.6. The zero-order chi connectivity index (χ0) is 19.5. The van der Waals surface area contributed by atoms with Gasteiger partial charge in [0.05, 0.1) is 19.3 Å². The van der Waals surface area contributed by atoms with Gasteiger partial charge in [0.15, 0.2) is 0 Å². The molecule has 0 saturated carbocycles. The van der Waals surface area contributed by atoms with E-state index in [1.54, 1.807) is 0 Å². The summed E-state index contributed by atoms with van der Waals surface area (Å²) in [5.41, 5.74) is 2.60. The Morgan fingerprint density at radius 1 is 1.29 bits per heavy atom. The van der Waals surface area contributed by atoms with Gasteiger partial charge >= 0.3 is 6.09 Å². The van der Waals surface area contributed by atoms with Gasteiger partial charge in [-0.25, -0.2) is 14.2 Å². The Morgan fingerprint density at radius 2 is 2.11 bits per heavy atom. The number of rotatable bonds is 4. The topological polar surface area (TPSA) is 51.7 Å². The Morgan fingerprint density at radius 3 is 2.86 bits per heavy atom. The summed E-state index contributed by atoms with van der Waals surface area (Å²) in [6, 6.07) is 11.1. The van der Waals surface area contributed by atoms with E-state index in [4.69, 9.17) is 9.47 Å². The number of aromatic nitrogens is 1. The molecule has 6 heteroatoms. The second-order valence-corrected chi connectivity index (χ2v) is 7.21. The van der Waals surface area contributed by atoms with E-state index in [2.05, 4.69) is 4.98 Å². The van der Waals surface area contributed by atoms with Gasteiger partial charge < -0.3 is 9.47 Å². The minimum absolute atomic E-state index is 0.0370. The van der Waals surface area contributed by atoms with Crippen LogP contribution in [0.15, 0.2) is 48.7 Å². The van der Waals surface area contributed by atoms with Gasteiger partial charge in [-0.3, -0.25) is 4.90 Å². The fourth-order valence-corrected chi connectivity index (χ4v) is 4.13. The molecular weight excluding hydrogens is 359 g/mol. The number of pyridine rings is 1. The fraction of sp³-hybridized carbons (Fsp3) is 0.364. The first-order chi connectivity index (χ1) is 13.7. The second kappa shape index (κ2) is 8.00. The number of hydrogen-bond donors (Lipinski definition) is 0. The first-order valence-corrected chi connectivity index (χ1v) is 9.55. The van der Waals surface area contributed by atoms with Gasteiger partial charge in [-0.15, -0.1) is 0 Å². The van der Waals surface area contributed by atoms with E-state index in [-0.39, 0.29) is 24.8 Å². The summed E-state index contributed by atoms with van der Waals surface area (Å²) in [7, 11) is 1.53. The largest absolute Gasteiger partial charge is 0.481 e. The smallest absolute Gasteiger partial charge is 0.410 e. The summed E-state index contributed by atoms with van der Waals surface area (Å²) in [6.07, 6.45) is 6.36. The van der Waals surface area contributed by atoms with Crippen molar-refractivity contribution in [1.82, 2.24) is 9.88 Å². The number of halogens is 1. The molecule has 2 unspecified atom stereocenters. The first-order valence-electron chi connectivity index (χ1n) is 9.55. The predicted molar refractivity (Wildman–Crippen MR) is 103 cm³/mol. The SMILES string of the molecule is COc1ncc(F)cc1C1=CC2CCCC(C1)N2C(=O)OCc1ccccc1. The van der Waals surface area contributed by atoms with Crippen LogP contribution in [0.4, 0.5) is 9.18 Å². The Labute approximate surface area is 163 Å². The molecule has 3 heterocycles. The highest BCUT2D eigenvalue weighted by molar-refractivity contribution is 5.76. The maximum Gasteiger partial charge on any atom is 0.410 e. The zero-order valence-corrected chi connectivity index (χ0v) is 15.8. The van der Waals surface area contributed by atoms with E-state index >= 15 is 0 Å². The predicted octanol–water partition coefficient (Wildman–Crippen LogP) is 4.58. The van der Waals surface area contributed by atoms with Crippen LogP contribution in [0.2, 0.25) is 0 Å². The zero-order valence-electron chi connectivity index (χ0n) is 15.8. The standard InChI is InChI=1S/C22H23FN2O3/c1-27-21-20(12-17(23)13-24-21)16-10-18-8-5-9-19(11-16)25(18)22(26)28-14-15-6-3-2-4-7-15/h2-4,6-7,10,12-13,18-19H,5,8-9,11,14H2,1H3. The third-order valence-corrected chi connectivity index (χ3v) is 5.41. The number of piperidine rings is 1. The molecule has 1 saturated heterocycles. The van der Waals surface area contributed by atoms with Crippen molar-refractivity contribution in [3.63, 3.8) is 0 Å². The molecule has 2 aliphatic rings. The lowest BCUT2D eigenvalue weighted by atomic mass is 9.83. The van der Waals surface area contributed by atoms with Crippen molar-refractivity contribution in [2.75, 3.05) is 7.11 Å². The fourth-order valence-electron chi connectivity index (χ4n) is 4.13. The van der Waals surface area contributed by atoms with E-state index in [0.29, 0.717) is 17.9 Å². The molecule has 28 heavy (non-hydrogen) atoms. The molecule has 1 aromatic heterocycles. The molecule has 2 aliphatic heterocycles. The van der Waals surface area contributed by atoms with Crippen LogP contribution in [0.5, 0.6) is 5.88 Å². The normalized spacial score (nSPS) is 21.1. The van der Waals surface area contributed by atoms with Gasteiger partial charge in [-0.05, 0) is 42.9 Å². The molecule has 1 fully saturated rings. The molecule has 2 atom stereocenters. The van der Waals surface area contributed by atoms with E-state index in [1.165, 1.54) is 13.2 Å². The molecule has 0 N–H and O–H groups in total. The van der Waals surface area contributed by atoms with Gasteiger partial charge in [-0.1, -0.05) is 36.4 Å². The molecule has 146 valence electrons. The Kier molecular flexibility index (Phi) is 5.28. The van der Waals surface area contributed by atoms with Crippen molar-refractivity contribution >= 4 is 11.7 Å². The molecule has 2 aromatic rings. The number of carbonyl (C=O) groups excluding carboxylic acids is 1. The maximum atomic E-state index is 13.8. The minimum Gasteiger partial charge on any atom is -0.481 e. The molecule has 0 radical (unpaired) electrons. The first kappa shape index (κ1) is 18.5. The van der Waals surface area contributed by atoms with Crippen molar-refractivity contribution in [3.8, 4) is 5.88 Å². The number of carbonyl (C=O) groups is 1. The van der Waals surface area contributed by atoms with Gasteiger partial charge in [0.25, 0.3) is 0 Å². The van der Waals surface area contributed by atoms with E-state index in [1.807, 2.05) is 41.3 Å².